The van der Waals surface area contributed by atoms with Gasteiger partial charge in [-0.25, -0.2) is 0 Å². The summed E-state index contributed by atoms with van der Waals surface area (Å²) < 4.78 is 0. The van der Waals surface area contributed by atoms with Crippen molar-refractivity contribution in [1.29, 1.82) is 0 Å². The lowest BCUT2D eigenvalue weighted by atomic mass is 9.91. The number of hydrogen-bond donors (Lipinski definition) is 1. The van der Waals surface area contributed by atoms with Gasteiger partial charge in [-0.2, -0.15) is 0 Å². The fourth-order valence-corrected chi connectivity index (χ4v) is 1.29. The number of aliphatic hydroxyl groups is 1. The van der Waals surface area contributed by atoms with E-state index in [0.29, 0.717) is 5.92 Å². The van der Waals surface area contributed by atoms with E-state index >= 15 is 0 Å². The molecule has 9 heavy (non-hydrogen) atoms. The SMILES string of the molecule is CCC1C=CCCC1O. The topological polar surface area (TPSA) is 20.2 Å². The molecule has 0 spiro atoms. The summed E-state index contributed by atoms with van der Waals surface area (Å²) >= 11 is 0. The van der Waals surface area contributed by atoms with Crippen LogP contribution >= 0.6 is 0 Å². The average Bonchev–Trinajstić information content (AvgIpc) is 1.89. The molecule has 0 aromatic carbocycles. The highest BCUT2D eigenvalue weighted by atomic mass is 16.3. The van der Waals surface area contributed by atoms with E-state index < -0.39 is 0 Å². The van der Waals surface area contributed by atoms with Crippen molar-refractivity contribution in [1.82, 2.24) is 0 Å². The first kappa shape index (κ1) is 6.81. The predicted molar refractivity (Wildman–Crippen MR) is 38.2 cm³/mol. The summed E-state index contributed by atoms with van der Waals surface area (Å²) in [6.07, 6.45) is 7.30. The van der Waals surface area contributed by atoms with Gasteiger partial charge in [-0.3, -0.25) is 0 Å². The zero-order valence-corrected chi connectivity index (χ0v) is 5.88. The Morgan fingerprint density at radius 3 is 2.89 bits per heavy atom. The molecule has 1 aliphatic carbocycles. The summed E-state index contributed by atoms with van der Waals surface area (Å²) in [5.41, 5.74) is 0. The molecular weight excluding hydrogens is 112 g/mol. The molecule has 2 atom stereocenters. The molecule has 1 N–H and O–H groups in total. The Bertz CT molecular complexity index is 107. The molecule has 0 radical (unpaired) electrons. The van der Waals surface area contributed by atoms with Crippen LogP contribution in [-0.4, -0.2) is 11.2 Å². The van der Waals surface area contributed by atoms with Gasteiger partial charge in [-0.05, 0) is 19.3 Å². The van der Waals surface area contributed by atoms with Gasteiger partial charge in [0.15, 0.2) is 0 Å². The second-order valence-electron chi connectivity index (χ2n) is 2.64. The second kappa shape index (κ2) is 3.02. The molecule has 0 aliphatic heterocycles. The number of aliphatic hydroxyl groups excluding tert-OH is 1. The second-order valence-corrected chi connectivity index (χ2v) is 2.64. The Hall–Kier alpha value is -0.300. The zero-order valence-electron chi connectivity index (χ0n) is 5.88. The van der Waals surface area contributed by atoms with Crippen LogP contribution in [0.5, 0.6) is 0 Å². The van der Waals surface area contributed by atoms with Crippen molar-refractivity contribution >= 4 is 0 Å². The van der Waals surface area contributed by atoms with Gasteiger partial charge in [0.2, 0.25) is 0 Å². The first-order chi connectivity index (χ1) is 4.34. The van der Waals surface area contributed by atoms with Crippen LogP contribution in [0.4, 0.5) is 0 Å². The molecule has 1 heteroatoms. The molecule has 0 fully saturated rings. The van der Waals surface area contributed by atoms with Gasteiger partial charge in [-0.1, -0.05) is 19.1 Å². The Balaban J connectivity index is 2.46. The van der Waals surface area contributed by atoms with Crippen molar-refractivity contribution < 1.29 is 5.11 Å². The fraction of sp³-hybridized carbons (Fsp3) is 0.750. The van der Waals surface area contributed by atoms with Gasteiger partial charge >= 0.3 is 0 Å². The summed E-state index contributed by atoms with van der Waals surface area (Å²) in [4.78, 5) is 0. The van der Waals surface area contributed by atoms with Crippen molar-refractivity contribution in [2.24, 2.45) is 5.92 Å². The molecule has 1 aliphatic rings. The summed E-state index contributed by atoms with van der Waals surface area (Å²) in [6, 6.07) is 0. The number of hydrogen-bond acceptors (Lipinski definition) is 1. The Morgan fingerprint density at radius 1 is 1.67 bits per heavy atom. The Morgan fingerprint density at radius 2 is 2.44 bits per heavy atom. The van der Waals surface area contributed by atoms with Crippen molar-refractivity contribution in [2.75, 3.05) is 0 Å². The Labute approximate surface area is 56.4 Å². The van der Waals surface area contributed by atoms with Gasteiger partial charge in [0.1, 0.15) is 0 Å². The number of allylic oxidation sites excluding steroid dienone is 1. The van der Waals surface area contributed by atoms with Gasteiger partial charge in [0.25, 0.3) is 0 Å². The summed E-state index contributed by atoms with van der Waals surface area (Å²) in [6.45, 7) is 2.11. The molecule has 1 rings (SSSR count). The normalized spacial score (nSPS) is 34.9. The van der Waals surface area contributed by atoms with Crippen LogP contribution in [-0.2, 0) is 0 Å². The first-order valence-corrected chi connectivity index (χ1v) is 3.69. The molecular formula is C8H14O. The lowest BCUT2D eigenvalue weighted by Gasteiger charge is -2.20. The van der Waals surface area contributed by atoms with Crippen molar-refractivity contribution in [3.63, 3.8) is 0 Å². The van der Waals surface area contributed by atoms with Crippen LogP contribution < -0.4 is 0 Å². The largest absolute Gasteiger partial charge is 0.393 e. The minimum Gasteiger partial charge on any atom is -0.393 e. The van der Waals surface area contributed by atoms with E-state index in [1.54, 1.807) is 0 Å². The van der Waals surface area contributed by atoms with E-state index in [9.17, 15) is 5.11 Å². The lowest BCUT2D eigenvalue weighted by molar-refractivity contribution is 0.114. The molecule has 0 saturated heterocycles. The highest BCUT2D eigenvalue weighted by Gasteiger charge is 2.15. The smallest absolute Gasteiger partial charge is 0.0605 e. The standard InChI is InChI=1S/C8H14O/c1-2-7-5-3-4-6-8(7)9/h3,5,7-9H,2,4,6H2,1H3. The minimum atomic E-state index is -0.0694. The van der Waals surface area contributed by atoms with E-state index in [2.05, 4.69) is 19.1 Å². The average molecular weight is 126 g/mol. The van der Waals surface area contributed by atoms with E-state index in [1.807, 2.05) is 0 Å². The predicted octanol–water partition coefficient (Wildman–Crippen LogP) is 1.72. The van der Waals surface area contributed by atoms with Gasteiger partial charge in [-0.15, -0.1) is 0 Å². The van der Waals surface area contributed by atoms with E-state index in [0.717, 1.165) is 19.3 Å². The van der Waals surface area contributed by atoms with Gasteiger partial charge in [0.05, 0.1) is 6.10 Å². The van der Waals surface area contributed by atoms with Crippen LogP contribution in [0.2, 0.25) is 0 Å². The molecule has 52 valence electrons. The van der Waals surface area contributed by atoms with Gasteiger partial charge in [0, 0.05) is 5.92 Å². The zero-order chi connectivity index (χ0) is 6.69. The van der Waals surface area contributed by atoms with Gasteiger partial charge < -0.3 is 5.11 Å². The molecule has 0 saturated carbocycles. The van der Waals surface area contributed by atoms with Crippen LogP contribution in [0.25, 0.3) is 0 Å². The molecule has 0 amide bonds. The highest BCUT2D eigenvalue weighted by molar-refractivity contribution is 4.96. The maximum atomic E-state index is 9.32. The number of rotatable bonds is 1. The molecule has 2 unspecified atom stereocenters. The van der Waals surface area contributed by atoms with E-state index in [-0.39, 0.29) is 6.10 Å². The van der Waals surface area contributed by atoms with E-state index in [4.69, 9.17) is 0 Å². The molecule has 0 bridgehead atoms. The first-order valence-electron chi connectivity index (χ1n) is 3.69. The summed E-state index contributed by atoms with van der Waals surface area (Å²) in [5.74, 6) is 0.429. The molecule has 0 heterocycles. The Kier molecular flexibility index (Phi) is 2.29. The molecule has 0 aromatic rings. The third-order valence-corrected chi connectivity index (χ3v) is 1.98. The van der Waals surface area contributed by atoms with Crippen LogP contribution in [0.3, 0.4) is 0 Å². The maximum Gasteiger partial charge on any atom is 0.0605 e. The lowest BCUT2D eigenvalue weighted by Crippen LogP contribution is -2.19. The highest BCUT2D eigenvalue weighted by Crippen LogP contribution is 2.19. The monoisotopic (exact) mass is 126 g/mol. The third kappa shape index (κ3) is 1.55. The fourth-order valence-electron chi connectivity index (χ4n) is 1.29. The summed E-state index contributed by atoms with van der Waals surface area (Å²) in [5, 5.41) is 9.32. The maximum absolute atomic E-state index is 9.32. The van der Waals surface area contributed by atoms with Crippen molar-refractivity contribution in [3.05, 3.63) is 12.2 Å². The van der Waals surface area contributed by atoms with Crippen molar-refractivity contribution in [2.45, 2.75) is 32.3 Å². The van der Waals surface area contributed by atoms with Crippen molar-refractivity contribution in [3.8, 4) is 0 Å². The molecule has 1 nitrogen and oxygen atoms in total. The van der Waals surface area contributed by atoms with Crippen LogP contribution in [0, 0.1) is 5.92 Å². The van der Waals surface area contributed by atoms with Crippen LogP contribution in [0.1, 0.15) is 26.2 Å². The quantitative estimate of drug-likeness (QED) is 0.530. The third-order valence-electron chi connectivity index (χ3n) is 1.98. The summed E-state index contributed by atoms with van der Waals surface area (Å²) in [7, 11) is 0. The molecule has 0 aromatic heterocycles. The van der Waals surface area contributed by atoms with Crippen LogP contribution in [0.15, 0.2) is 12.2 Å². The minimum absolute atomic E-state index is 0.0694. The van der Waals surface area contributed by atoms with E-state index in [1.165, 1.54) is 0 Å².